The van der Waals surface area contributed by atoms with Gasteiger partial charge in [-0.25, -0.2) is 0 Å². The highest BCUT2D eigenvalue weighted by molar-refractivity contribution is 5.87. The van der Waals surface area contributed by atoms with Gasteiger partial charge >= 0.3 is 0 Å². The van der Waals surface area contributed by atoms with Gasteiger partial charge in [0.1, 0.15) is 11.3 Å². The van der Waals surface area contributed by atoms with Gasteiger partial charge in [0.25, 0.3) is 0 Å². The number of rotatable bonds is 3. The van der Waals surface area contributed by atoms with E-state index in [4.69, 9.17) is 14.9 Å². The Hall–Kier alpha value is -1.48. The molecule has 0 fully saturated rings. The summed E-state index contributed by atoms with van der Waals surface area (Å²) >= 11 is 0. The molecular weight excluding hydrogens is 190 g/mol. The molecule has 2 rings (SSSR count). The van der Waals surface area contributed by atoms with Gasteiger partial charge in [-0.05, 0) is 25.5 Å². The normalized spacial score (nSPS) is 13.0. The maximum Gasteiger partial charge on any atom is 0.137 e. The second kappa shape index (κ2) is 3.95. The van der Waals surface area contributed by atoms with Gasteiger partial charge in [-0.1, -0.05) is 6.07 Å². The highest BCUT2D eigenvalue weighted by atomic mass is 16.5. The minimum absolute atomic E-state index is 0.121. The minimum Gasteiger partial charge on any atom is -0.496 e. The Labute approximate surface area is 88.8 Å². The molecule has 0 radical (unpaired) electrons. The molecule has 1 aromatic heterocycles. The highest BCUT2D eigenvalue weighted by Gasteiger charge is 2.11. The predicted molar refractivity (Wildman–Crippen MR) is 60.1 cm³/mol. The van der Waals surface area contributed by atoms with Gasteiger partial charge in [0.15, 0.2) is 0 Å². The number of benzene rings is 1. The first-order chi connectivity index (χ1) is 7.22. The van der Waals surface area contributed by atoms with Crippen molar-refractivity contribution in [3.05, 3.63) is 30.0 Å². The second-order valence-corrected chi connectivity index (χ2v) is 3.78. The second-order valence-electron chi connectivity index (χ2n) is 3.78. The summed E-state index contributed by atoms with van der Waals surface area (Å²) in [5.74, 6) is 0.844. The van der Waals surface area contributed by atoms with Crippen LogP contribution in [-0.4, -0.2) is 13.2 Å². The van der Waals surface area contributed by atoms with Crippen molar-refractivity contribution in [2.45, 2.75) is 19.4 Å². The smallest absolute Gasteiger partial charge is 0.137 e. The van der Waals surface area contributed by atoms with Gasteiger partial charge in [0, 0.05) is 11.6 Å². The Kier molecular flexibility index (Phi) is 2.64. The molecule has 0 aliphatic carbocycles. The molecule has 0 aliphatic rings. The van der Waals surface area contributed by atoms with E-state index in [1.54, 1.807) is 13.4 Å². The van der Waals surface area contributed by atoms with E-state index in [0.29, 0.717) is 0 Å². The standard InChI is InChI=1S/C12H15NO2/c1-8(13)6-9-7-15-11-5-3-4-10(14-2)12(9)11/h3-5,7-8H,6,13H2,1-2H3. The van der Waals surface area contributed by atoms with Crippen molar-refractivity contribution in [1.82, 2.24) is 0 Å². The third-order valence-corrected chi connectivity index (χ3v) is 2.40. The number of hydrogen-bond acceptors (Lipinski definition) is 3. The van der Waals surface area contributed by atoms with E-state index in [2.05, 4.69) is 0 Å². The Morgan fingerprint density at radius 3 is 2.93 bits per heavy atom. The van der Waals surface area contributed by atoms with Crippen LogP contribution < -0.4 is 10.5 Å². The van der Waals surface area contributed by atoms with Crippen LogP contribution in [0.25, 0.3) is 11.0 Å². The molecule has 1 unspecified atom stereocenters. The largest absolute Gasteiger partial charge is 0.496 e. The van der Waals surface area contributed by atoms with Gasteiger partial charge in [-0.2, -0.15) is 0 Å². The van der Waals surface area contributed by atoms with E-state index in [0.717, 1.165) is 28.7 Å². The SMILES string of the molecule is COc1cccc2occ(CC(C)N)c12. The molecule has 0 aliphatic heterocycles. The minimum atomic E-state index is 0.121. The Bertz CT molecular complexity index is 460. The Balaban J connectivity index is 2.55. The van der Waals surface area contributed by atoms with Crippen LogP contribution in [-0.2, 0) is 6.42 Å². The van der Waals surface area contributed by atoms with Crippen LogP contribution in [0.4, 0.5) is 0 Å². The van der Waals surface area contributed by atoms with E-state index in [9.17, 15) is 0 Å². The van der Waals surface area contributed by atoms with Crippen molar-refractivity contribution in [1.29, 1.82) is 0 Å². The topological polar surface area (TPSA) is 48.4 Å². The first-order valence-electron chi connectivity index (χ1n) is 5.01. The van der Waals surface area contributed by atoms with Crippen molar-refractivity contribution in [3.8, 4) is 5.75 Å². The van der Waals surface area contributed by atoms with Gasteiger partial charge in [0.2, 0.25) is 0 Å². The van der Waals surface area contributed by atoms with Crippen molar-refractivity contribution < 1.29 is 9.15 Å². The lowest BCUT2D eigenvalue weighted by Crippen LogP contribution is -2.17. The van der Waals surface area contributed by atoms with Crippen LogP contribution in [0, 0.1) is 0 Å². The first kappa shape index (κ1) is 10.1. The third-order valence-electron chi connectivity index (χ3n) is 2.40. The van der Waals surface area contributed by atoms with Gasteiger partial charge in [-0.15, -0.1) is 0 Å². The molecule has 1 atom stereocenters. The van der Waals surface area contributed by atoms with Gasteiger partial charge < -0.3 is 14.9 Å². The van der Waals surface area contributed by atoms with Crippen molar-refractivity contribution in [3.63, 3.8) is 0 Å². The molecule has 3 nitrogen and oxygen atoms in total. The van der Waals surface area contributed by atoms with Crippen LogP contribution in [0.1, 0.15) is 12.5 Å². The van der Waals surface area contributed by atoms with E-state index in [1.165, 1.54) is 0 Å². The summed E-state index contributed by atoms with van der Waals surface area (Å²) in [6, 6.07) is 5.90. The van der Waals surface area contributed by atoms with Crippen LogP contribution in [0.15, 0.2) is 28.9 Å². The zero-order valence-corrected chi connectivity index (χ0v) is 8.99. The molecule has 2 aromatic rings. The molecule has 2 N–H and O–H groups in total. The Morgan fingerprint density at radius 2 is 2.27 bits per heavy atom. The zero-order chi connectivity index (χ0) is 10.8. The molecule has 0 amide bonds. The summed E-state index contributed by atoms with van der Waals surface area (Å²) in [7, 11) is 1.66. The molecule has 15 heavy (non-hydrogen) atoms. The quantitative estimate of drug-likeness (QED) is 0.836. The van der Waals surface area contributed by atoms with Crippen molar-refractivity contribution >= 4 is 11.0 Å². The van der Waals surface area contributed by atoms with Crippen LogP contribution in [0.3, 0.4) is 0 Å². The Morgan fingerprint density at radius 1 is 1.47 bits per heavy atom. The van der Waals surface area contributed by atoms with Crippen LogP contribution in [0.5, 0.6) is 5.75 Å². The fourth-order valence-corrected chi connectivity index (χ4v) is 1.79. The number of nitrogens with two attached hydrogens (primary N) is 1. The maximum atomic E-state index is 5.78. The number of ether oxygens (including phenoxy) is 1. The molecule has 1 aromatic carbocycles. The summed E-state index contributed by atoms with van der Waals surface area (Å²) in [5, 5.41) is 1.04. The summed E-state index contributed by atoms with van der Waals surface area (Å²) in [5.41, 5.74) is 7.74. The molecule has 0 spiro atoms. The zero-order valence-electron chi connectivity index (χ0n) is 8.99. The third kappa shape index (κ3) is 1.83. The average molecular weight is 205 g/mol. The molecule has 3 heteroatoms. The van der Waals surface area contributed by atoms with Gasteiger partial charge in [-0.3, -0.25) is 0 Å². The van der Waals surface area contributed by atoms with Crippen molar-refractivity contribution in [2.75, 3.05) is 7.11 Å². The fraction of sp³-hybridized carbons (Fsp3) is 0.333. The van der Waals surface area contributed by atoms with Crippen molar-refractivity contribution in [2.24, 2.45) is 5.73 Å². The molecule has 1 heterocycles. The predicted octanol–water partition coefficient (Wildman–Crippen LogP) is 2.33. The number of furan rings is 1. The molecule has 0 saturated carbocycles. The van der Waals surface area contributed by atoms with E-state index < -0.39 is 0 Å². The lowest BCUT2D eigenvalue weighted by Gasteiger charge is -2.05. The molecule has 80 valence electrons. The first-order valence-corrected chi connectivity index (χ1v) is 5.01. The maximum absolute atomic E-state index is 5.78. The van der Waals surface area contributed by atoms with Crippen LogP contribution in [0.2, 0.25) is 0 Å². The highest BCUT2D eigenvalue weighted by Crippen LogP contribution is 2.30. The summed E-state index contributed by atoms with van der Waals surface area (Å²) in [6.45, 7) is 1.98. The summed E-state index contributed by atoms with van der Waals surface area (Å²) < 4.78 is 10.8. The van der Waals surface area contributed by atoms with Gasteiger partial charge in [0.05, 0.1) is 18.8 Å². The summed E-state index contributed by atoms with van der Waals surface area (Å²) in [4.78, 5) is 0. The van der Waals surface area contributed by atoms with E-state index in [1.807, 2.05) is 25.1 Å². The monoisotopic (exact) mass is 205 g/mol. The lowest BCUT2D eigenvalue weighted by molar-refractivity contribution is 0.419. The molecule has 0 bridgehead atoms. The molecular formula is C12H15NO2. The number of fused-ring (bicyclic) bond motifs is 1. The average Bonchev–Trinajstić information content (AvgIpc) is 2.61. The fourth-order valence-electron chi connectivity index (χ4n) is 1.79. The van der Waals surface area contributed by atoms with E-state index in [-0.39, 0.29) is 6.04 Å². The van der Waals surface area contributed by atoms with E-state index >= 15 is 0 Å². The molecule has 0 saturated heterocycles. The lowest BCUT2D eigenvalue weighted by atomic mass is 10.1. The number of hydrogen-bond donors (Lipinski definition) is 1. The van der Waals surface area contributed by atoms with Crippen LogP contribution >= 0.6 is 0 Å². The summed E-state index contributed by atoms with van der Waals surface area (Å²) in [6.07, 6.45) is 2.56. The number of methoxy groups -OCH3 is 1.